The predicted molar refractivity (Wildman–Crippen MR) is 138 cm³/mol. The van der Waals surface area contributed by atoms with E-state index in [1.807, 2.05) is 0 Å². The van der Waals surface area contributed by atoms with Crippen molar-refractivity contribution in [1.82, 2.24) is 0 Å². The molecule has 2 rings (SSSR count). The van der Waals surface area contributed by atoms with Gasteiger partial charge >= 0.3 is 17.9 Å². The first-order chi connectivity index (χ1) is 17.5. The summed E-state index contributed by atoms with van der Waals surface area (Å²) in [6, 6.07) is 13.0. The zero-order valence-electron chi connectivity index (χ0n) is 20.8. The lowest BCUT2D eigenvalue weighted by Gasteiger charge is -2.14. The number of carboxylic acid groups (broad SMARTS) is 1. The second-order valence-electron chi connectivity index (χ2n) is 8.45. The normalized spacial score (nSPS) is 10.4. The molecule has 36 heavy (non-hydrogen) atoms. The lowest BCUT2D eigenvalue weighted by atomic mass is 10.1. The first-order valence-electron chi connectivity index (χ1n) is 12.6. The van der Waals surface area contributed by atoms with Crippen LogP contribution < -0.4 is 9.47 Å². The number of hydrogen-bond acceptors (Lipinski definition) is 6. The maximum Gasteiger partial charge on any atom is 0.343 e. The molecular formula is C29H36O7. The van der Waals surface area contributed by atoms with Crippen LogP contribution >= 0.6 is 0 Å². The fourth-order valence-corrected chi connectivity index (χ4v) is 3.66. The number of aromatic carboxylic acids is 1. The van der Waals surface area contributed by atoms with E-state index in [2.05, 4.69) is 6.58 Å². The number of esters is 2. The Hall–Kier alpha value is -3.61. The highest BCUT2D eigenvalue weighted by molar-refractivity contribution is 5.96. The summed E-state index contributed by atoms with van der Waals surface area (Å²) >= 11 is 0. The second kappa shape index (κ2) is 16.9. The van der Waals surface area contributed by atoms with E-state index < -0.39 is 11.9 Å². The number of carbonyl (C=O) groups is 3. The molecule has 0 saturated heterocycles. The fraction of sp³-hybridized carbons (Fsp3) is 0.414. The van der Waals surface area contributed by atoms with Crippen molar-refractivity contribution in [2.45, 2.75) is 64.2 Å². The average Bonchev–Trinajstić information content (AvgIpc) is 2.89. The number of para-hydroxylation sites is 1. The van der Waals surface area contributed by atoms with Crippen molar-refractivity contribution in [2.75, 3.05) is 13.2 Å². The van der Waals surface area contributed by atoms with Gasteiger partial charge in [0, 0.05) is 6.08 Å². The number of benzene rings is 2. The van der Waals surface area contributed by atoms with Gasteiger partial charge in [0.15, 0.2) is 11.5 Å². The van der Waals surface area contributed by atoms with Gasteiger partial charge in [-0.25, -0.2) is 14.4 Å². The summed E-state index contributed by atoms with van der Waals surface area (Å²) in [7, 11) is 0. The molecule has 0 spiro atoms. The Balaban J connectivity index is 1.64. The Morgan fingerprint density at radius 3 is 1.92 bits per heavy atom. The minimum Gasteiger partial charge on any atom is -0.490 e. The van der Waals surface area contributed by atoms with Gasteiger partial charge in [-0.3, -0.25) is 0 Å². The quantitative estimate of drug-likeness (QED) is 0.107. The van der Waals surface area contributed by atoms with Crippen LogP contribution in [0.25, 0.3) is 0 Å². The van der Waals surface area contributed by atoms with E-state index in [1.54, 1.807) is 42.5 Å². The Bertz CT molecular complexity index is 969. The van der Waals surface area contributed by atoms with Crippen molar-refractivity contribution >= 4 is 17.9 Å². The zero-order valence-corrected chi connectivity index (χ0v) is 20.8. The number of ether oxygens (including phenoxy) is 3. The van der Waals surface area contributed by atoms with Crippen LogP contribution in [0.5, 0.6) is 11.5 Å². The van der Waals surface area contributed by atoms with Crippen LogP contribution in [0.2, 0.25) is 0 Å². The zero-order chi connectivity index (χ0) is 26.0. The molecule has 2 aromatic rings. The standard InChI is InChI=1S/C29H36O7/c1-2-26(30)35-22-15-10-8-6-4-3-5-7-9-14-21-34-25-20-16-19-24(28(31)32)27(25)36-29(33)23-17-12-11-13-18-23/h2,11-13,16-20H,1,3-10,14-15,21-22H2,(H,31,32). The molecule has 0 bridgehead atoms. The largest absolute Gasteiger partial charge is 0.490 e. The van der Waals surface area contributed by atoms with Crippen LogP contribution in [-0.4, -0.2) is 36.2 Å². The first-order valence-corrected chi connectivity index (χ1v) is 12.6. The Morgan fingerprint density at radius 2 is 1.33 bits per heavy atom. The molecule has 194 valence electrons. The van der Waals surface area contributed by atoms with Crippen molar-refractivity contribution in [1.29, 1.82) is 0 Å². The van der Waals surface area contributed by atoms with Crippen LogP contribution in [0, 0.1) is 0 Å². The molecule has 1 N–H and O–H groups in total. The van der Waals surface area contributed by atoms with E-state index in [0.717, 1.165) is 44.9 Å². The molecule has 0 aromatic heterocycles. The Morgan fingerprint density at radius 1 is 0.750 bits per heavy atom. The van der Waals surface area contributed by atoms with E-state index in [4.69, 9.17) is 14.2 Å². The molecule has 0 atom stereocenters. The summed E-state index contributed by atoms with van der Waals surface area (Å²) < 4.78 is 16.2. The minimum atomic E-state index is -1.19. The third-order valence-corrected chi connectivity index (χ3v) is 5.62. The summed E-state index contributed by atoms with van der Waals surface area (Å²) in [6.07, 6.45) is 11.9. The monoisotopic (exact) mass is 496 g/mol. The fourth-order valence-electron chi connectivity index (χ4n) is 3.66. The third-order valence-electron chi connectivity index (χ3n) is 5.62. The van der Waals surface area contributed by atoms with Crippen LogP contribution in [0.15, 0.2) is 61.2 Å². The lowest BCUT2D eigenvalue weighted by Crippen LogP contribution is -2.13. The molecule has 0 aliphatic carbocycles. The number of carbonyl (C=O) groups excluding carboxylic acids is 2. The van der Waals surface area contributed by atoms with E-state index in [9.17, 15) is 19.5 Å². The van der Waals surface area contributed by atoms with Gasteiger partial charge in [0.2, 0.25) is 0 Å². The minimum absolute atomic E-state index is 0.0716. The van der Waals surface area contributed by atoms with Crippen LogP contribution in [0.1, 0.15) is 84.9 Å². The van der Waals surface area contributed by atoms with Crippen molar-refractivity contribution in [3.8, 4) is 11.5 Å². The molecule has 2 aromatic carbocycles. The molecule has 0 fully saturated rings. The molecule has 7 nitrogen and oxygen atoms in total. The maximum absolute atomic E-state index is 12.5. The highest BCUT2D eigenvalue weighted by atomic mass is 16.6. The van der Waals surface area contributed by atoms with Crippen LogP contribution in [0.3, 0.4) is 0 Å². The molecule has 0 aliphatic rings. The van der Waals surface area contributed by atoms with Crippen molar-refractivity contribution < 1.29 is 33.7 Å². The molecule has 0 saturated carbocycles. The summed E-state index contributed by atoms with van der Waals surface area (Å²) in [5.74, 6) is -2.00. The SMILES string of the molecule is C=CC(=O)OCCCCCCCCCCCCOc1cccc(C(=O)O)c1OC(=O)c1ccccc1. The maximum atomic E-state index is 12.5. The van der Waals surface area contributed by atoms with Crippen molar-refractivity contribution in [2.24, 2.45) is 0 Å². The smallest absolute Gasteiger partial charge is 0.343 e. The molecule has 0 heterocycles. The molecule has 0 unspecified atom stereocenters. The van der Waals surface area contributed by atoms with Gasteiger partial charge in [-0.05, 0) is 37.1 Å². The van der Waals surface area contributed by atoms with E-state index in [-0.39, 0.29) is 23.0 Å². The number of unbranched alkanes of at least 4 members (excludes halogenated alkanes) is 9. The molecule has 7 heteroatoms. The Kier molecular flexibility index (Phi) is 13.5. The molecule has 0 radical (unpaired) electrons. The Labute approximate surface area is 213 Å². The summed E-state index contributed by atoms with van der Waals surface area (Å²) in [5, 5.41) is 9.52. The highest BCUT2D eigenvalue weighted by Gasteiger charge is 2.20. The third kappa shape index (κ3) is 10.8. The van der Waals surface area contributed by atoms with Gasteiger partial charge in [-0.1, -0.05) is 82.2 Å². The lowest BCUT2D eigenvalue weighted by molar-refractivity contribution is -0.137. The molecule has 0 amide bonds. The first kappa shape index (κ1) is 28.6. The summed E-state index contributed by atoms with van der Waals surface area (Å²) in [5.41, 5.74) is 0.215. The average molecular weight is 497 g/mol. The van der Waals surface area contributed by atoms with Crippen molar-refractivity contribution in [3.63, 3.8) is 0 Å². The van der Waals surface area contributed by atoms with Crippen LogP contribution in [-0.2, 0) is 9.53 Å². The van der Waals surface area contributed by atoms with Gasteiger partial charge < -0.3 is 19.3 Å². The van der Waals surface area contributed by atoms with Gasteiger partial charge in [0.05, 0.1) is 18.8 Å². The van der Waals surface area contributed by atoms with E-state index >= 15 is 0 Å². The molecular weight excluding hydrogens is 460 g/mol. The predicted octanol–water partition coefficient (Wildman–Crippen LogP) is 6.61. The topological polar surface area (TPSA) is 99.1 Å². The van der Waals surface area contributed by atoms with E-state index in [0.29, 0.717) is 18.8 Å². The highest BCUT2D eigenvalue weighted by Crippen LogP contribution is 2.32. The number of rotatable bonds is 18. The summed E-state index contributed by atoms with van der Waals surface area (Å²) in [4.78, 5) is 35.1. The van der Waals surface area contributed by atoms with E-state index in [1.165, 1.54) is 31.4 Å². The number of hydrogen-bond donors (Lipinski definition) is 1. The molecule has 0 aliphatic heterocycles. The number of carboxylic acids is 1. The van der Waals surface area contributed by atoms with Crippen LogP contribution in [0.4, 0.5) is 0 Å². The van der Waals surface area contributed by atoms with Gasteiger partial charge in [-0.2, -0.15) is 0 Å². The van der Waals surface area contributed by atoms with Crippen molar-refractivity contribution in [3.05, 3.63) is 72.3 Å². The van der Waals surface area contributed by atoms with Gasteiger partial charge in [0.25, 0.3) is 0 Å². The van der Waals surface area contributed by atoms with Gasteiger partial charge in [0.1, 0.15) is 5.56 Å². The second-order valence-corrected chi connectivity index (χ2v) is 8.45. The van der Waals surface area contributed by atoms with Gasteiger partial charge in [-0.15, -0.1) is 0 Å². The summed E-state index contributed by atoms with van der Waals surface area (Å²) in [6.45, 7) is 4.24.